The molecular weight excluding hydrogens is 387 g/mol. The van der Waals surface area contributed by atoms with E-state index in [2.05, 4.69) is 10.6 Å². The Morgan fingerprint density at radius 3 is 2.47 bits per heavy atom. The molecule has 0 unspecified atom stereocenters. The molecule has 2 amide bonds. The number of hydrogen-bond donors (Lipinski definition) is 2. The molecule has 3 saturated carbocycles. The number of aromatic nitrogens is 1. The highest BCUT2D eigenvalue weighted by atomic mass is 19.1. The molecule has 2 aromatic rings. The fourth-order valence-corrected chi connectivity index (χ4v) is 4.56. The van der Waals surface area contributed by atoms with E-state index in [1.165, 1.54) is 12.1 Å². The summed E-state index contributed by atoms with van der Waals surface area (Å²) < 4.78 is 15.1. The van der Waals surface area contributed by atoms with Crippen molar-refractivity contribution in [2.24, 2.45) is 13.0 Å². The van der Waals surface area contributed by atoms with Crippen LogP contribution in [-0.4, -0.2) is 27.7 Å². The molecule has 2 bridgehead atoms. The van der Waals surface area contributed by atoms with Crippen molar-refractivity contribution < 1.29 is 18.8 Å². The van der Waals surface area contributed by atoms with E-state index >= 15 is 0 Å². The Bertz CT molecular complexity index is 1140. The zero-order chi connectivity index (χ0) is 21.8. The van der Waals surface area contributed by atoms with Crippen molar-refractivity contribution in [2.45, 2.75) is 38.6 Å². The van der Waals surface area contributed by atoms with Crippen molar-refractivity contribution in [3.8, 4) is 6.07 Å². The van der Waals surface area contributed by atoms with Gasteiger partial charge in [0.1, 0.15) is 17.6 Å². The third-order valence-corrected chi connectivity index (χ3v) is 6.34. The number of rotatable bonds is 5. The second-order valence-electron chi connectivity index (χ2n) is 8.30. The fourth-order valence-electron chi connectivity index (χ4n) is 4.56. The molecule has 3 aliphatic carbocycles. The first kappa shape index (κ1) is 19.8. The number of nitrogens with zero attached hydrogens (tertiary/aromatic N) is 2. The molecule has 2 N–H and O–H groups in total. The lowest BCUT2D eigenvalue weighted by Crippen LogP contribution is -2.68. The Balaban J connectivity index is 1.58. The van der Waals surface area contributed by atoms with Crippen LogP contribution in [-0.2, 0) is 11.8 Å². The van der Waals surface area contributed by atoms with Crippen LogP contribution in [0.25, 0.3) is 0 Å². The fraction of sp³-hybridized carbons (Fsp3) is 0.364. The second-order valence-corrected chi connectivity index (χ2v) is 8.30. The molecule has 0 atom stereocenters. The standard InChI is InChI=1S/C22H21FN4O3/c1-11-17(19(28)21(30)26-22-7-13(8-22)9-22)12(2)27(3)18(11)20(29)25-15-4-5-16(23)14(6-15)10-24/h4-6,13H,7-9H2,1-3H3,(H,25,29)(H,26,30). The summed E-state index contributed by atoms with van der Waals surface area (Å²) in [7, 11) is 1.64. The van der Waals surface area contributed by atoms with Crippen LogP contribution in [0.15, 0.2) is 18.2 Å². The Morgan fingerprint density at radius 2 is 1.90 bits per heavy atom. The molecule has 0 saturated heterocycles. The lowest BCUT2D eigenvalue weighted by atomic mass is 9.50. The number of anilines is 1. The van der Waals surface area contributed by atoms with Gasteiger partial charge in [0.25, 0.3) is 17.6 Å². The topological polar surface area (TPSA) is 104 Å². The third kappa shape index (κ3) is 2.98. The molecule has 1 aromatic carbocycles. The quantitative estimate of drug-likeness (QED) is 0.586. The smallest absolute Gasteiger partial charge is 0.292 e. The molecule has 5 rings (SSSR count). The number of ketones is 1. The predicted octanol–water partition coefficient (Wildman–Crippen LogP) is 2.76. The number of benzene rings is 1. The highest BCUT2D eigenvalue weighted by Gasteiger charge is 2.57. The Labute approximate surface area is 172 Å². The van der Waals surface area contributed by atoms with E-state index in [0.717, 1.165) is 25.3 Å². The van der Waals surface area contributed by atoms with E-state index < -0.39 is 23.4 Å². The largest absolute Gasteiger partial charge is 0.344 e. The summed E-state index contributed by atoms with van der Waals surface area (Å²) in [6.07, 6.45) is 2.78. The number of halogens is 1. The van der Waals surface area contributed by atoms with Gasteiger partial charge in [0.15, 0.2) is 0 Å². The zero-order valence-electron chi connectivity index (χ0n) is 16.9. The SMILES string of the molecule is Cc1c(C(=O)C(=O)NC23CC(C2)C3)c(C)n(C)c1C(=O)Nc1ccc(F)c(C#N)c1. The van der Waals surface area contributed by atoms with Gasteiger partial charge in [0.2, 0.25) is 0 Å². The molecule has 3 aliphatic rings. The van der Waals surface area contributed by atoms with E-state index in [1.807, 2.05) is 0 Å². The summed E-state index contributed by atoms with van der Waals surface area (Å²) in [6.45, 7) is 3.30. The van der Waals surface area contributed by atoms with Gasteiger partial charge in [-0.15, -0.1) is 0 Å². The van der Waals surface area contributed by atoms with Gasteiger partial charge in [-0.05, 0) is 62.8 Å². The monoisotopic (exact) mass is 408 g/mol. The van der Waals surface area contributed by atoms with Crippen molar-refractivity contribution >= 4 is 23.3 Å². The Kier molecular flexibility index (Phi) is 4.49. The number of Topliss-reactive ketones (excluding diaryl/α,β-unsaturated/α-hetero) is 1. The summed E-state index contributed by atoms with van der Waals surface area (Å²) in [4.78, 5) is 38.3. The van der Waals surface area contributed by atoms with E-state index in [4.69, 9.17) is 5.26 Å². The van der Waals surface area contributed by atoms with Crippen LogP contribution in [0.2, 0.25) is 0 Å². The number of nitrogens with one attached hydrogen (secondary N) is 2. The van der Waals surface area contributed by atoms with Crippen molar-refractivity contribution in [1.82, 2.24) is 9.88 Å². The number of carbonyl (C=O) groups excluding carboxylic acids is 3. The average molecular weight is 408 g/mol. The Hall–Kier alpha value is -3.47. The van der Waals surface area contributed by atoms with Gasteiger partial charge < -0.3 is 15.2 Å². The highest BCUT2D eigenvalue weighted by molar-refractivity contribution is 6.43. The Morgan fingerprint density at radius 1 is 1.23 bits per heavy atom. The van der Waals surface area contributed by atoms with Gasteiger partial charge in [-0.25, -0.2) is 4.39 Å². The van der Waals surface area contributed by atoms with Crippen LogP contribution in [0.4, 0.5) is 10.1 Å². The maximum absolute atomic E-state index is 13.5. The molecule has 7 nitrogen and oxygen atoms in total. The first-order valence-electron chi connectivity index (χ1n) is 9.69. The average Bonchev–Trinajstić information content (AvgIpc) is 2.86. The van der Waals surface area contributed by atoms with Gasteiger partial charge in [-0.1, -0.05) is 0 Å². The first-order valence-corrected chi connectivity index (χ1v) is 9.69. The minimum Gasteiger partial charge on any atom is -0.344 e. The summed E-state index contributed by atoms with van der Waals surface area (Å²) in [6, 6.07) is 5.41. The number of nitriles is 1. The molecule has 154 valence electrons. The minimum atomic E-state index is -0.677. The zero-order valence-corrected chi connectivity index (χ0v) is 16.9. The van der Waals surface area contributed by atoms with Crippen molar-refractivity contribution in [3.05, 3.63) is 52.1 Å². The van der Waals surface area contributed by atoms with Crippen LogP contribution < -0.4 is 10.6 Å². The molecular formula is C22H21FN4O3. The lowest BCUT2D eigenvalue weighted by molar-refractivity contribution is -0.128. The van der Waals surface area contributed by atoms with Gasteiger partial charge in [-0.3, -0.25) is 14.4 Å². The maximum atomic E-state index is 13.5. The predicted molar refractivity (Wildman–Crippen MR) is 107 cm³/mol. The number of amides is 2. The summed E-state index contributed by atoms with van der Waals surface area (Å²) in [5, 5.41) is 14.4. The highest BCUT2D eigenvalue weighted by Crippen LogP contribution is 2.56. The van der Waals surface area contributed by atoms with E-state index in [0.29, 0.717) is 17.2 Å². The summed E-state index contributed by atoms with van der Waals surface area (Å²) in [5.74, 6) is -1.83. The normalized spacial score (nSPS) is 21.1. The molecule has 1 aromatic heterocycles. The van der Waals surface area contributed by atoms with Gasteiger partial charge >= 0.3 is 0 Å². The summed E-state index contributed by atoms with van der Waals surface area (Å²) in [5.41, 5.74) is 1.19. The van der Waals surface area contributed by atoms with Crippen LogP contribution in [0, 0.1) is 36.9 Å². The van der Waals surface area contributed by atoms with Crippen LogP contribution >= 0.6 is 0 Å². The van der Waals surface area contributed by atoms with Crippen molar-refractivity contribution in [3.63, 3.8) is 0 Å². The van der Waals surface area contributed by atoms with Crippen molar-refractivity contribution in [2.75, 3.05) is 5.32 Å². The van der Waals surface area contributed by atoms with Gasteiger partial charge in [-0.2, -0.15) is 5.26 Å². The molecule has 1 heterocycles. The second kappa shape index (κ2) is 6.80. The van der Waals surface area contributed by atoms with E-state index in [1.54, 1.807) is 31.5 Å². The maximum Gasteiger partial charge on any atom is 0.292 e. The van der Waals surface area contributed by atoms with Gasteiger partial charge in [0.05, 0.1) is 11.1 Å². The number of carbonyl (C=O) groups is 3. The molecule has 0 radical (unpaired) electrons. The number of hydrogen-bond acceptors (Lipinski definition) is 4. The van der Waals surface area contributed by atoms with E-state index in [-0.39, 0.29) is 28.0 Å². The van der Waals surface area contributed by atoms with Crippen LogP contribution in [0.1, 0.15) is 56.9 Å². The molecule has 30 heavy (non-hydrogen) atoms. The molecule has 8 heteroatoms. The lowest BCUT2D eigenvalue weighted by Gasteiger charge is -2.61. The van der Waals surface area contributed by atoms with Crippen LogP contribution in [0.3, 0.4) is 0 Å². The molecule has 0 aliphatic heterocycles. The summed E-state index contributed by atoms with van der Waals surface area (Å²) >= 11 is 0. The van der Waals surface area contributed by atoms with Crippen molar-refractivity contribution in [1.29, 1.82) is 5.26 Å². The minimum absolute atomic E-state index is 0.186. The van der Waals surface area contributed by atoms with Crippen LogP contribution in [0.5, 0.6) is 0 Å². The molecule has 3 fully saturated rings. The first-order chi connectivity index (χ1) is 14.2. The molecule has 0 spiro atoms. The van der Waals surface area contributed by atoms with Gasteiger partial charge in [0, 0.05) is 24.0 Å². The third-order valence-electron chi connectivity index (χ3n) is 6.34. The van der Waals surface area contributed by atoms with E-state index in [9.17, 15) is 18.8 Å².